The summed E-state index contributed by atoms with van der Waals surface area (Å²) >= 11 is 0. The van der Waals surface area contributed by atoms with Gasteiger partial charge in [0.05, 0.1) is 12.0 Å². The van der Waals surface area contributed by atoms with Crippen molar-refractivity contribution in [3.05, 3.63) is 126 Å². The molecule has 3 aliphatic heterocycles. The van der Waals surface area contributed by atoms with Crippen LogP contribution in [0.1, 0.15) is 38.9 Å². The molecule has 0 saturated carbocycles. The molecule has 8 heteroatoms. The summed E-state index contributed by atoms with van der Waals surface area (Å²) in [4.78, 5) is 61.4. The standard InChI is InChI=1S/C34H25N3O5/c1-20(38)42-23-16-13-22(14-17-23)31(39)30-29(32(40)26-11-6-7-19-35-26)34(24-9-3-4-10-25(24)36-33(34)41)28-18-15-21-8-2-5-12-27(21)37(28)30/h2-19,28-30H,1H3,(H,36,41)/t28-,29+,30-,34-/m0/s1. The maximum Gasteiger partial charge on any atom is 0.308 e. The van der Waals surface area contributed by atoms with Gasteiger partial charge in [-0.3, -0.25) is 24.2 Å². The Labute approximate surface area is 241 Å². The van der Waals surface area contributed by atoms with Crippen LogP contribution >= 0.6 is 0 Å². The second-order valence-electron chi connectivity index (χ2n) is 10.6. The number of para-hydroxylation sites is 2. The fourth-order valence-corrected chi connectivity index (χ4v) is 6.81. The number of carbonyl (C=O) groups excluding carboxylic acids is 4. The van der Waals surface area contributed by atoms with Crippen LogP contribution in [0.15, 0.2) is 103 Å². The zero-order valence-electron chi connectivity index (χ0n) is 22.6. The number of benzene rings is 3. The van der Waals surface area contributed by atoms with E-state index in [-0.39, 0.29) is 17.4 Å². The van der Waals surface area contributed by atoms with Crippen molar-refractivity contribution < 1.29 is 23.9 Å². The highest BCUT2D eigenvalue weighted by Crippen LogP contribution is 2.58. The van der Waals surface area contributed by atoms with E-state index in [1.807, 2.05) is 65.6 Å². The molecule has 4 atom stereocenters. The van der Waals surface area contributed by atoms with Gasteiger partial charge in [0.25, 0.3) is 0 Å². The van der Waals surface area contributed by atoms with E-state index >= 15 is 0 Å². The molecule has 3 aliphatic rings. The molecule has 1 fully saturated rings. The number of hydrogen-bond donors (Lipinski definition) is 1. The number of fused-ring (bicyclic) bond motifs is 6. The smallest absolute Gasteiger partial charge is 0.308 e. The molecular weight excluding hydrogens is 530 g/mol. The minimum Gasteiger partial charge on any atom is -0.427 e. The fraction of sp³-hybridized carbons (Fsp3) is 0.147. The number of ether oxygens (including phenoxy) is 1. The van der Waals surface area contributed by atoms with Crippen molar-refractivity contribution in [2.24, 2.45) is 5.92 Å². The number of ketones is 2. The quantitative estimate of drug-likeness (QED) is 0.213. The second kappa shape index (κ2) is 9.62. The molecular formula is C34H25N3O5. The van der Waals surface area contributed by atoms with E-state index in [9.17, 15) is 19.2 Å². The maximum atomic E-state index is 14.7. The third-order valence-corrected chi connectivity index (χ3v) is 8.41. The molecule has 206 valence electrons. The van der Waals surface area contributed by atoms with Crippen LogP contribution in [0.25, 0.3) is 6.08 Å². The summed E-state index contributed by atoms with van der Waals surface area (Å²) in [6, 6.07) is 24.6. The Morgan fingerprint density at radius 1 is 0.881 bits per heavy atom. The Hall–Kier alpha value is -5.37. The third-order valence-electron chi connectivity index (χ3n) is 8.41. The lowest BCUT2D eigenvalue weighted by atomic mass is 9.64. The number of Topliss-reactive ketones (excluding diaryl/α,β-unsaturated/α-hetero) is 2. The lowest BCUT2D eigenvalue weighted by Gasteiger charge is -2.37. The molecule has 7 rings (SSSR count). The summed E-state index contributed by atoms with van der Waals surface area (Å²) in [6.07, 6.45) is 5.42. The van der Waals surface area contributed by atoms with E-state index in [0.29, 0.717) is 22.6 Å². The molecule has 42 heavy (non-hydrogen) atoms. The van der Waals surface area contributed by atoms with Gasteiger partial charge in [0.1, 0.15) is 22.9 Å². The third kappa shape index (κ3) is 3.65. The highest BCUT2D eigenvalue weighted by atomic mass is 16.5. The molecule has 1 saturated heterocycles. The zero-order chi connectivity index (χ0) is 29.0. The number of anilines is 2. The SMILES string of the molecule is CC(=O)Oc1ccc(C(=O)[C@@H]2[C@H](C(=O)c3ccccn3)[C@@]3(C(=O)Nc4ccccc43)[C@@H]3C=Cc4ccccc4N23)cc1. The van der Waals surface area contributed by atoms with E-state index in [1.54, 1.807) is 42.5 Å². The predicted octanol–water partition coefficient (Wildman–Crippen LogP) is 4.86. The molecule has 1 amide bonds. The van der Waals surface area contributed by atoms with Crippen LogP contribution in [0, 0.1) is 5.92 Å². The molecule has 1 N–H and O–H groups in total. The highest BCUT2D eigenvalue weighted by molar-refractivity contribution is 6.18. The summed E-state index contributed by atoms with van der Waals surface area (Å²) in [5, 5.41) is 3.02. The molecule has 1 spiro atoms. The van der Waals surface area contributed by atoms with Gasteiger partial charge in [0.2, 0.25) is 5.91 Å². The highest BCUT2D eigenvalue weighted by Gasteiger charge is 2.70. The van der Waals surface area contributed by atoms with E-state index in [1.165, 1.54) is 13.1 Å². The van der Waals surface area contributed by atoms with E-state index < -0.39 is 35.2 Å². The first-order valence-electron chi connectivity index (χ1n) is 13.7. The van der Waals surface area contributed by atoms with Gasteiger partial charge in [-0.15, -0.1) is 0 Å². The van der Waals surface area contributed by atoms with Gasteiger partial charge in [-0.1, -0.05) is 54.6 Å². The fourth-order valence-electron chi connectivity index (χ4n) is 6.81. The topological polar surface area (TPSA) is 106 Å². The van der Waals surface area contributed by atoms with Crippen LogP contribution in [0.2, 0.25) is 0 Å². The van der Waals surface area contributed by atoms with E-state index in [2.05, 4.69) is 10.3 Å². The monoisotopic (exact) mass is 555 g/mol. The maximum absolute atomic E-state index is 14.7. The molecule has 0 bridgehead atoms. The van der Waals surface area contributed by atoms with Crippen molar-refractivity contribution in [1.29, 1.82) is 0 Å². The number of nitrogens with one attached hydrogen (secondary N) is 1. The summed E-state index contributed by atoms with van der Waals surface area (Å²) in [5.74, 6) is -2.34. The number of aromatic nitrogens is 1. The number of pyridine rings is 1. The Balaban J connectivity index is 1.48. The molecule has 0 aliphatic carbocycles. The van der Waals surface area contributed by atoms with Crippen molar-refractivity contribution in [2.45, 2.75) is 24.4 Å². The van der Waals surface area contributed by atoms with Gasteiger partial charge in [0, 0.05) is 30.1 Å². The van der Waals surface area contributed by atoms with E-state index in [0.717, 1.165) is 11.3 Å². The van der Waals surface area contributed by atoms with Gasteiger partial charge >= 0.3 is 5.97 Å². The number of nitrogens with zero attached hydrogens (tertiary/aromatic N) is 2. The first kappa shape index (κ1) is 25.6. The summed E-state index contributed by atoms with van der Waals surface area (Å²) in [7, 11) is 0. The van der Waals surface area contributed by atoms with Crippen LogP contribution in [-0.4, -0.2) is 40.5 Å². The summed E-state index contributed by atoms with van der Waals surface area (Å²) < 4.78 is 5.17. The van der Waals surface area contributed by atoms with Crippen molar-refractivity contribution in [1.82, 2.24) is 4.98 Å². The zero-order valence-corrected chi connectivity index (χ0v) is 22.6. The molecule has 4 heterocycles. The van der Waals surface area contributed by atoms with Crippen LogP contribution in [0.5, 0.6) is 5.75 Å². The van der Waals surface area contributed by atoms with E-state index in [4.69, 9.17) is 4.74 Å². The Bertz CT molecular complexity index is 1800. The first-order valence-corrected chi connectivity index (χ1v) is 13.7. The Kier molecular flexibility index (Phi) is 5.86. The average Bonchev–Trinajstić information content (AvgIpc) is 3.49. The van der Waals surface area contributed by atoms with Crippen LogP contribution < -0.4 is 15.0 Å². The minimum atomic E-state index is -1.41. The lowest BCUT2D eigenvalue weighted by molar-refractivity contribution is -0.131. The van der Waals surface area contributed by atoms with Crippen LogP contribution in [-0.2, 0) is 15.0 Å². The number of amides is 1. The molecule has 0 radical (unpaired) electrons. The minimum absolute atomic E-state index is 0.180. The molecule has 8 nitrogen and oxygen atoms in total. The predicted molar refractivity (Wildman–Crippen MR) is 156 cm³/mol. The van der Waals surface area contributed by atoms with Crippen molar-refractivity contribution in [2.75, 3.05) is 10.2 Å². The van der Waals surface area contributed by atoms with Crippen molar-refractivity contribution >= 4 is 40.9 Å². The molecule has 3 aromatic carbocycles. The normalized spacial score (nSPS) is 23.1. The number of rotatable bonds is 5. The van der Waals surface area contributed by atoms with Gasteiger partial charge in [-0.2, -0.15) is 0 Å². The Morgan fingerprint density at radius 2 is 1.62 bits per heavy atom. The largest absolute Gasteiger partial charge is 0.427 e. The molecule has 0 unspecified atom stereocenters. The van der Waals surface area contributed by atoms with Gasteiger partial charge in [0.15, 0.2) is 11.6 Å². The number of carbonyl (C=O) groups is 4. The van der Waals surface area contributed by atoms with Crippen molar-refractivity contribution in [3.63, 3.8) is 0 Å². The Morgan fingerprint density at radius 3 is 2.38 bits per heavy atom. The summed E-state index contributed by atoms with van der Waals surface area (Å²) in [5.41, 5.74) is 2.02. The number of esters is 1. The van der Waals surface area contributed by atoms with Gasteiger partial charge in [-0.05, 0) is 59.7 Å². The van der Waals surface area contributed by atoms with Crippen molar-refractivity contribution in [3.8, 4) is 5.75 Å². The lowest BCUT2D eigenvalue weighted by Crippen LogP contribution is -2.51. The molecule has 1 aromatic heterocycles. The second-order valence-corrected chi connectivity index (χ2v) is 10.6. The van der Waals surface area contributed by atoms with Gasteiger partial charge < -0.3 is 15.0 Å². The van der Waals surface area contributed by atoms with Gasteiger partial charge in [-0.25, -0.2) is 0 Å². The number of hydrogen-bond acceptors (Lipinski definition) is 7. The molecule has 4 aromatic rings. The average molecular weight is 556 g/mol. The first-order chi connectivity index (χ1) is 20.4. The van der Waals surface area contributed by atoms with Crippen LogP contribution in [0.4, 0.5) is 11.4 Å². The van der Waals surface area contributed by atoms with Crippen LogP contribution in [0.3, 0.4) is 0 Å². The summed E-state index contributed by atoms with van der Waals surface area (Å²) in [6.45, 7) is 1.30.